The molecule has 0 spiro atoms. The molecular formula is C21H26N6O3S. The molecule has 1 atom stereocenters. The Morgan fingerprint density at radius 3 is 2.52 bits per heavy atom. The molecule has 1 aromatic carbocycles. The van der Waals surface area contributed by atoms with Gasteiger partial charge >= 0.3 is 0 Å². The number of carbonyl (C=O) groups is 1. The molecule has 1 unspecified atom stereocenters. The molecule has 0 aliphatic carbocycles. The average molecular weight is 443 g/mol. The monoisotopic (exact) mass is 442 g/mol. The summed E-state index contributed by atoms with van der Waals surface area (Å²) < 4.78 is 19.5. The van der Waals surface area contributed by atoms with Crippen molar-refractivity contribution < 1.29 is 13.9 Å². The zero-order valence-electron chi connectivity index (χ0n) is 17.4. The molecule has 164 valence electrons. The maximum Gasteiger partial charge on any atom is 0.248 e. The van der Waals surface area contributed by atoms with E-state index in [4.69, 9.17) is 0 Å². The van der Waals surface area contributed by atoms with Crippen LogP contribution in [-0.4, -0.2) is 56.1 Å². The Labute approximate surface area is 183 Å². The van der Waals surface area contributed by atoms with Crippen molar-refractivity contribution >= 4 is 39.6 Å². The summed E-state index contributed by atoms with van der Waals surface area (Å²) in [6, 6.07) is 11.6. The highest BCUT2D eigenvalue weighted by molar-refractivity contribution is 8.24. The van der Waals surface area contributed by atoms with Crippen LogP contribution in [0.4, 0.5) is 23.1 Å². The number of nitrogens with one attached hydrogen (secondary N) is 1. The molecule has 0 bridgehead atoms. The minimum Gasteiger partial charge on any atom is -0.368 e. The smallest absolute Gasteiger partial charge is 0.248 e. The zero-order chi connectivity index (χ0) is 22.1. The van der Waals surface area contributed by atoms with Gasteiger partial charge in [0.25, 0.3) is 0 Å². The number of nitriles is 1. The van der Waals surface area contributed by atoms with Gasteiger partial charge in [-0.2, -0.15) is 20.8 Å². The third-order valence-electron chi connectivity index (χ3n) is 6.02. The van der Waals surface area contributed by atoms with Gasteiger partial charge in [0.05, 0.1) is 17.6 Å². The first-order valence-electron chi connectivity index (χ1n) is 10.3. The van der Waals surface area contributed by atoms with Crippen molar-refractivity contribution in [3.8, 4) is 6.07 Å². The van der Waals surface area contributed by atoms with E-state index < -0.39 is 16.0 Å². The van der Waals surface area contributed by atoms with Crippen LogP contribution in [-0.2, 0) is 4.79 Å². The number of carbonyl (C=O) groups excluding carboxylic acids is 1. The molecule has 2 aliphatic heterocycles. The molecule has 4 rings (SSSR count). The lowest BCUT2D eigenvalue weighted by molar-refractivity contribution is -0.123. The van der Waals surface area contributed by atoms with Crippen molar-refractivity contribution in [3.05, 3.63) is 36.5 Å². The summed E-state index contributed by atoms with van der Waals surface area (Å²) >= 11 is 0. The van der Waals surface area contributed by atoms with Gasteiger partial charge < -0.3 is 10.2 Å². The normalized spacial score (nSPS) is 24.0. The summed E-state index contributed by atoms with van der Waals surface area (Å²) in [4.78, 5) is 25.2. The molecule has 3 heterocycles. The summed E-state index contributed by atoms with van der Waals surface area (Å²) in [5, 5.41) is 12.6. The summed E-state index contributed by atoms with van der Waals surface area (Å²) in [6.45, 7) is 3.56. The summed E-state index contributed by atoms with van der Waals surface area (Å²) in [5.41, 5.74) is 0.857. The predicted octanol–water partition coefficient (Wildman–Crippen LogP) is 3.45. The van der Waals surface area contributed by atoms with Gasteiger partial charge in [-0.1, -0.05) is 6.92 Å². The second kappa shape index (κ2) is 8.34. The molecule has 1 amide bonds. The highest BCUT2D eigenvalue weighted by Gasteiger charge is 2.46. The fourth-order valence-electron chi connectivity index (χ4n) is 3.93. The predicted molar refractivity (Wildman–Crippen MR) is 122 cm³/mol. The van der Waals surface area contributed by atoms with Crippen LogP contribution in [0.2, 0.25) is 0 Å². The molecular weight excluding hydrogens is 416 g/mol. The average Bonchev–Trinajstić information content (AvgIpc) is 3.11. The van der Waals surface area contributed by atoms with Crippen LogP contribution in [0.25, 0.3) is 0 Å². The Bertz CT molecular complexity index is 999. The van der Waals surface area contributed by atoms with Crippen LogP contribution in [0.5, 0.6) is 0 Å². The van der Waals surface area contributed by atoms with Gasteiger partial charge in [-0.05, 0) is 43.2 Å². The van der Waals surface area contributed by atoms with Crippen LogP contribution < -0.4 is 15.1 Å². The molecule has 2 saturated heterocycles. The van der Waals surface area contributed by atoms with Crippen LogP contribution in [0.3, 0.4) is 0 Å². The van der Waals surface area contributed by atoms with Crippen LogP contribution in [0, 0.1) is 16.7 Å². The molecule has 31 heavy (non-hydrogen) atoms. The van der Waals surface area contributed by atoms with Crippen molar-refractivity contribution in [2.24, 2.45) is 5.41 Å². The molecule has 0 saturated carbocycles. The van der Waals surface area contributed by atoms with Gasteiger partial charge in [-0.3, -0.25) is 18.8 Å². The fraction of sp³-hybridized carbons (Fsp3) is 0.429. The van der Waals surface area contributed by atoms with E-state index >= 15 is 0 Å². The first-order chi connectivity index (χ1) is 14.9. The highest BCUT2D eigenvalue weighted by atomic mass is 32.3. The maximum absolute atomic E-state index is 12.8. The molecule has 3 N–H and O–H groups in total. The van der Waals surface area contributed by atoms with Gasteiger partial charge in [0.1, 0.15) is 11.2 Å². The first-order valence-corrected chi connectivity index (χ1v) is 12.2. The van der Waals surface area contributed by atoms with E-state index in [1.807, 2.05) is 31.2 Å². The quantitative estimate of drug-likeness (QED) is 0.643. The standard InChI is InChI=1S/C21H26N6O3S/c1-2-21(15-22)8-10-27(19(21)28)18-7-9-23-20(25-18)24-16-3-5-17(6-4-16)26-11-13-31(29,30)14-12-26/h3-7,9,29-30H,2,8,10-14H2,1H3,(H,23,24,25). The van der Waals surface area contributed by atoms with Crippen molar-refractivity contribution in [1.29, 1.82) is 5.26 Å². The van der Waals surface area contributed by atoms with E-state index in [0.717, 1.165) is 11.4 Å². The van der Waals surface area contributed by atoms with Gasteiger partial charge in [-0.25, -0.2) is 4.98 Å². The fourth-order valence-corrected chi connectivity index (χ4v) is 5.16. The molecule has 1 aromatic heterocycles. The number of benzene rings is 1. The number of amides is 1. The minimum absolute atomic E-state index is 0.204. The van der Waals surface area contributed by atoms with Crippen LogP contribution >= 0.6 is 10.6 Å². The van der Waals surface area contributed by atoms with Gasteiger partial charge in [0, 0.05) is 37.2 Å². The Hall–Kier alpha value is -2.87. The molecule has 2 aromatic rings. The Kier molecular flexibility index (Phi) is 5.75. The molecule has 2 fully saturated rings. The first kappa shape index (κ1) is 21.4. The Morgan fingerprint density at radius 1 is 1.19 bits per heavy atom. The van der Waals surface area contributed by atoms with Gasteiger partial charge in [0.2, 0.25) is 11.9 Å². The highest BCUT2D eigenvalue weighted by Crippen LogP contribution is 2.41. The zero-order valence-corrected chi connectivity index (χ0v) is 18.2. The van der Waals surface area contributed by atoms with Crippen molar-refractivity contribution in [3.63, 3.8) is 0 Å². The maximum atomic E-state index is 12.8. The second-order valence-corrected chi connectivity index (χ2v) is 10.3. The van der Waals surface area contributed by atoms with E-state index in [1.54, 1.807) is 17.2 Å². The van der Waals surface area contributed by atoms with Crippen LogP contribution in [0.1, 0.15) is 19.8 Å². The molecule has 0 radical (unpaired) electrons. The number of aromatic nitrogens is 2. The van der Waals surface area contributed by atoms with E-state index in [2.05, 4.69) is 26.3 Å². The van der Waals surface area contributed by atoms with Crippen molar-refractivity contribution in [1.82, 2.24) is 9.97 Å². The summed E-state index contributed by atoms with van der Waals surface area (Å²) in [7, 11) is -2.41. The Balaban J connectivity index is 1.44. The lowest BCUT2D eigenvalue weighted by Gasteiger charge is -2.41. The second-order valence-electron chi connectivity index (χ2n) is 7.86. The summed E-state index contributed by atoms with van der Waals surface area (Å²) in [5.74, 6) is 1.44. The third-order valence-corrected chi connectivity index (χ3v) is 7.69. The lowest BCUT2D eigenvalue weighted by atomic mass is 9.85. The minimum atomic E-state index is -2.41. The number of rotatable bonds is 5. The number of hydrogen-bond donors (Lipinski definition) is 3. The summed E-state index contributed by atoms with van der Waals surface area (Å²) in [6.07, 6.45) is 2.58. The van der Waals surface area contributed by atoms with E-state index in [1.165, 1.54) is 0 Å². The molecule has 10 heteroatoms. The molecule has 2 aliphatic rings. The van der Waals surface area contributed by atoms with E-state index in [-0.39, 0.29) is 5.91 Å². The largest absolute Gasteiger partial charge is 0.368 e. The third kappa shape index (κ3) is 4.30. The van der Waals surface area contributed by atoms with Crippen molar-refractivity contribution in [2.45, 2.75) is 19.8 Å². The number of nitrogens with zero attached hydrogens (tertiary/aromatic N) is 5. The van der Waals surface area contributed by atoms with E-state index in [0.29, 0.717) is 55.7 Å². The van der Waals surface area contributed by atoms with Crippen LogP contribution in [0.15, 0.2) is 36.5 Å². The lowest BCUT2D eigenvalue weighted by Crippen LogP contribution is -2.38. The van der Waals surface area contributed by atoms with Crippen molar-refractivity contribution in [2.75, 3.05) is 46.3 Å². The Morgan fingerprint density at radius 2 is 1.90 bits per heavy atom. The molecule has 9 nitrogen and oxygen atoms in total. The van der Waals surface area contributed by atoms with Gasteiger partial charge in [0.15, 0.2) is 0 Å². The number of anilines is 4. The number of hydrogen-bond acceptors (Lipinski definition) is 8. The van der Waals surface area contributed by atoms with Gasteiger partial charge in [-0.15, -0.1) is 0 Å². The van der Waals surface area contributed by atoms with E-state index in [9.17, 15) is 19.2 Å². The SMILES string of the molecule is CCC1(C#N)CCN(c2ccnc(Nc3ccc(N4CCS(O)(O)CC4)cc3)n2)C1=O. The topological polar surface area (TPSA) is 126 Å².